The molecule has 0 bridgehead atoms. The van der Waals surface area contributed by atoms with Gasteiger partial charge in [-0.1, -0.05) is 32.9 Å². The highest BCUT2D eigenvalue weighted by molar-refractivity contribution is 5.91. The third kappa shape index (κ3) is 2.47. The van der Waals surface area contributed by atoms with E-state index in [1.54, 1.807) is 11.0 Å². The standard InChI is InChI=1S/C14H19FN2O/c1-14(2,3)10-6-4-7-11(15)12(10)16-13(18)17-8-5-9-17/h4,6-7H,5,8-9H2,1-3H3,(H,16,18). The van der Waals surface area contributed by atoms with Crippen LogP contribution in [0.15, 0.2) is 18.2 Å². The minimum absolute atomic E-state index is 0.209. The zero-order valence-corrected chi connectivity index (χ0v) is 11.1. The van der Waals surface area contributed by atoms with Gasteiger partial charge in [0, 0.05) is 13.1 Å². The Hall–Kier alpha value is -1.58. The van der Waals surface area contributed by atoms with E-state index in [-0.39, 0.29) is 17.3 Å². The van der Waals surface area contributed by atoms with Crippen molar-refractivity contribution in [2.75, 3.05) is 18.4 Å². The molecule has 1 aliphatic rings. The number of nitrogens with one attached hydrogen (secondary N) is 1. The molecule has 98 valence electrons. The zero-order valence-electron chi connectivity index (χ0n) is 11.1. The zero-order chi connectivity index (χ0) is 13.3. The van der Waals surface area contributed by atoms with Gasteiger partial charge < -0.3 is 10.2 Å². The van der Waals surface area contributed by atoms with E-state index >= 15 is 0 Å². The van der Waals surface area contributed by atoms with E-state index in [2.05, 4.69) is 5.32 Å². The summed E-state index contributed by atoms with van der Waals surface area (Å²) in [6.07, 6.45) is 1.02. The number of nitrogens with zero attached hydrogens (tertiary/aromatic N) is 1. The first-order valence-electron chi connectivity index (χ1n) is 6.24. The van der Waals surface area contributed by atoms with Gasteiger partial charge in [0.05, 0.1) is 5.69 Å². The van der Waals surface area contributed by atoms with Crippen LogP contribution in [0.4, 0.5) is 14.9 Å². The third-order valence-electron chi connectivity index (χ3n) is 3.20. The van der Waals surface area contributed by atoms with Crippen LogP contribution in [0.3, 0.4) is 0 Å². The number of rotatable bonds is 1. The van der Waals surface area contributed by atoms with E-state index in [4.69, 9.17) is 0 Å². The Morgan fingerprint density at radius 2 is 2.00 bits per heavy atom. The molecule has 1 heterocycles. The molecule has 1 N–H and O–H groups in total. The van der Waals surface area contributed by atoms with Crippen LogP contribution in [0.25, 0.3) is 0 Å². The molecule has 1 saturated heterocycles. The van der Waals surface area contributed by atoms with Crippen LogP contribution < -0.4 is 5.32 Å². The Labute approximate surface area is 107 Å². The van der Waals surface area contributed by atoms with Gasteiger partial charge >= 0.3 is 6.03 Å². The second kappa shape index (κ2) is 4.59. The molecule has 1 fully saturated rings. The fourth-order valence-electron chi connectivity index (χ4n) is 1.98. The number of para-hydroxylation sites is 1. The first-order valence-corrected chi connectivity index (χ1v) is 6.24. The van der Waals surface area contributed by atoms with Crippen LogP contribution in [0.5, 0.6) is 0 Å². The lowest BCUT2D eigenvalue weighted by atomic mass is 9.85. The quantitative estimate of drug-likeness (QED) is 0.814. The van der Waals surface area contributed by atoms with E-state index in [0.717, 1.165) is 25.1 Å². The molecule has 2 rings (SSSR count). The van der Waals surface area contributed by atoms with Crippen molar-refractivity contribution in [2.45, 2.75) is 32.6 Å². The lowest BCUT2D eigenvalue weighted by Crippen LogP contribution is -2.44. The highest BCUT2D eigenvalue weighted by atomic mass is 19.1. The largest absolute Gasteiger partial charge is 0.324 e. The normalized spacial score (nSPS) is 15.2. The Balaban J connectivity index is 2.28. The Morgan fingerprint density at radius 1 is 1.33 bits per heavy atom. The van der Waals surface area contributed by atoms with Crippen LogP contribution in [-0.4, -0.2) is 24.0 Å². The van der Waals surface area contributed by atoms with Crippen molar-refractivity contribution in [3.05, 3.63) is 29.6 Å². The molecule has 0 saturated carbocycles. The number of benzene rings is 1. The van der Waals surface area contributed by atoms with Gasteiger partial charge in [-0.15, -0.1) is 0 Å². The van der Waals surface area contributed by atoms with Gasteiger partial charge in [-0.05, 0) is 23.5 Å². The predicted octanol–water partition coefficient (Wildman–Crippen LogP) is 3.36. The summed E-state index contributed by atoms with van der Waals surface area (Å²) in [5, 5.41) is 2.70. The fourth-order valence-corrected chi connectivity index (χ4v) is 1.98. The Kier molecular flexibility index (Phi) is 3.28. The maximum absolute atomic E-state index is 13.9. The van der Waals surface area contributed by atoms with Crippen molar-refractivity contribution in [3.63, 3.8) is 0 Å². The summed E-state index contributed by atoms with van der Waals surface area (Å²) in [5.41, 5.74) is 0.915. The molecule has 0 aliphatic carbocycles. The molecule has 0 radical (unpaired) electrons. The second-order valence-corrected chi connectivity index (χ2v) is 5.68. The van der Waals surface area contributed by atoms with E-state index in [1.165, 1.54) is 6.07 Å². The number of amides is 2. The minimum atomic E-state index is -0.378. The van der Waals surface area contributed by atoms with E-state index < -0.39 is 0 Å². The van der Waals surface area contributed by atoms with Crippen LogP contribution in [0.1, 0.15) is 32.8 Å². The van der Waals surface area contributed by atoms with Gasteiger partial charge in [-0.25, -0.2) is 9.18 Å². The number of anilines is 1. The van der Waals surface area contributed by atoms with E-state index in [0.29, 0.717) is 5.69 Å². The fraction of sp³-hybridized carbons (Fsp3) is 0.500. The van der Waals surface area contributed by atoms with Crippen molar-refractivity contribution in [2.24, 2.45) is 0 Å². The van der Waals surface area contributed by atoms with Crippen molar-refractivity contribution in [3.8, 4) is 0 Å². The Bertz CT molecular complexity index is 461. The van der Waals surface area contributed by atoms with E-state index in [9.17, 15) is 9.18 Å². The number of halogens is 1. The maximum atomic E-state index is 13.9. The Morgan fingerprint density at radius 3 is 2.50 bits per heavy atom. The molecule has 2 amide bonds. The molecule has 0 atom stereocenters. The molecule has 3 nitrogen and oxygen atoms in total. The molecule has 0 unspecified atom stereocenters. The van der Waals surface area contributed by atoms with Gasteiger partial charge in [0.1, 0.15) is 5.82 Å². The van der Waals surface area contributed by atoms with Gasteiger partial charge in [0.25, 0.3) is 0 Å². The molecule has 4 heteroatoms. The van der Waals surface area contributed by atoms with Crippen LogP contribution in [-0.2, 0) is 5.41 Å². The smallest absolute Gasteiger partial charge is 0.321 e. The van der Waals surface area contributed by atoms with E-state index in [1.807, 2.05) is 26.8 Å². The first-order chi connectivity index (χ1) is 8.39. The average molecular weight is 250 g/mol. The van der Waals surface area contributed by atoms with Crippen molar-refractivity contribution >= 4 is 11.7 Å². The SMILES string of the molecule is CC(C)(C)c1cccc(F)c1NC(=O)N1CCC1. The van der Waals surface area contributed by atoms with Crippen LogP contribution >= 0.6 is 0 Å². The molecule has 0 aromatic heterocycles. The van der Waals surface area contributed by atoms with Crippen LogP contribution in [0.2, 0.25) is 0 Å². The molecular weight excluding hydrogens is 231 g/mol. The third-order valence-corrected chi connectivity index (χ3v) is 3.20. The highest BCUT2D eigenvalue weighted by Gasteiger charge is 2.25. The second-order valence-electron chi connectivity index (χ2n) is 5.68. The summed E-state index contributed by atoms with van der Waals surface area (Å²) < 4.78 is 13.9. The average Bonchev–Trinajstić information content (AvgIpc) is 2.16. The number of carbonyl (C=O) groups is 1. The monoisotopic (exact) mass is 250 g/mol. The number of hydrogen-bond acceptors (Lipinski definition) is 1. The first kappa shape index (κ1) is 12.9. The molecule has 1 aromatic rings. The summed E-state index contributed by atoms with van der Waals surface area (Å²) in [5.74, 6) is -0.378. The van der Waals surface area contributed by atoms with Gasteiger partial charge in [-0.2, -0.15) is 0 Å². The number of carbonyl (C=O) groups excluding carboxylic acids is 1. The number of hydrogen-bond donors (Lipinski definition) is 1. The van der Waals surface area contributed by atoms with Gasteiger partial charge in [0.2, 0.25) is 0 Å². The molecule has 18 heavy (non-hydrogen) atoms. The van der Waals surface area contributed by atoms with Gasteiger partial charge in [-0.3, -0.25) is 0 Å². The van der Waals surface area contributed by atoms with Crippen molar-refractivity contribution in [1.29, 1.82) is 0 Å². The molecule has 1 aliphatic heterocycles. The van der Waals surface area contributed by atoms with Crippen LogP contribution in [0, 0.1) is 5.82 Å². The number of urea groups is 1. The summed E-state index contributed by atoms with van der Waals surface area (Å²) >= 11 is 0. The maximum Gasteiger partial charge on any atom is 0.321 e. The summed E-state index contributed by atoms with van der Waals surface area (Å²) in [6.45, 7) is 7.51. The highest BCUT2D eigenvalue weighted by Crippen LogP contribution is 2.31. The van der Waals surface area contributed by atoms with Crippen molar-refractivity contribution < 1.29 is 9.18 Å². The lowest BCUT2D eigenvalue weighted by Gasteiger charge is -2.32. The summed E-state index contributed by atoms with van der Waals surface area (Å²) in [6, 6.07) is 4.70. The van der Waals surface area contributed by atoms with Crippen molar-refractivity contribution in [1.82, 2.24) is 4.90 Å². The van der Waals surface area contributed by atoms with Gasteiger partial charge in [0.15, 0.2) is 0 Å². The predicted molar refractivity (Wildman–Crippen MR) is 70.3 cm³/mol. The minimum Gasteiger partial charge on any atom is -0.324 e. The topological polar surface area (TPSA) is 32.3 Å². The number of likely N-dealkylation sites (tertiary alicyclic amines) is 1. The molecular formula is C14H19FN2O. The summed E-state index contributed by atoms with van der Waals surface area (Å²) in [7, 11) is 0. The molecule has 0 spiro atoms. The lowest BCUT2D eigenvalue weighted by molar-refractivity contribution is 0.181. The summed E-state index contributed by atoms with van der Waals surface area (Å²) in [4.78, 5) is 13.6. The molecule has 1 aromatic carbocycles.